The summed E-state index contributed by atoms with van der Waals surface area (Å²) in [4.78, 5) is 0. The molecule has 1 N–H and O–H groups in total. The summed E-state index contributed by atoms with van der Waals surface area (Å²) in [5.74, 6) is 1.25. The summed E-state index contributed by atoms with van der Waals surface area (Å²) in [6.45, 7) is 15.4. The summed E-state index contributed by atoms with van der Waals surface area (Å²) < 4.78 is 23.8. The number of aromatic hydroxyl groups is 1. The van der Waals surface area contributed by atoms with Gasteiger partial charge in [0.25, 0.3) is 0 Å². The topological polar surface area (TPSA) is 57.2 Å². The molecule has 0 saturated carbocycles. The van der Waals surface area contributed by atoms with Crippen molar-refractivity contribution in [3.8, 4) is 11.5 Å². The maximum absolute atomic E-state index is 9.79. The Morgan fingerprint density at radius 3 is 1.84 bits per heavy atom. The molecular formula is C23H44BrO5PSi. The third-order valence-corrected chi connectivity index (χ3v) is 9.84. The highest BCUT2D eigenvalue weighted by Crippen LogP contribution is 2.48. The average molecular weight is 540 g/mol. The van der Waals surface area contributed by atoms with Crippen LogP contribution in [0.4, 0.5) is 0 Å². The van der Waals surface area contributed by atoms with E-state index >= 15 is 0 Å². The van der Waals surface area contributed by atoms with Gasteiger partial charge in [0.2, 0.25) is 0 Å². The van der Waals surface area contributed by atoms with Crippen molar-refractivity contribution in [3.05, 3.63) is 18.2 Å². The average Bonchev–Trinajstić information content (AvgIpc) is 2.67. The third kappa shape index (κ3) is 12.0. The molecule has 1 aromatic carbocycles. The first-order valence-corrected chi connectivity index (χ1v) is 16.5. The third-order valence-electron chi connectivity index (χ3n) is 4.89. The lowest BCUT2D eigenvalue weighted by Crippen LogP contribution is -3.00. The van der Waals surface area contributed by atoms with E-state index in [4.69, 9.17) is 18.0 Å². The van der Waals surface area contributed by atoms with E-state index in [-0.39, 0.29) is 17.0 Å². The molecule has 182 valence electrons. The van der Waals surface area contributed by atoms with Crippen LogP contribution in [0.25, 0.3) is 0 Å². The van der Waals surface area contributed by atoms with E-state index in [1.165, 1.54) is 25.7 Å². The van der Waals surface area contributed by atoms with Gasteiger partial charge in [0.1, 0.15) is 11.1 Å². The van der Waals surface area contributed by atoms with Crippen LogP contribution in [-0.4, -0.2) is 60.3 Å². The predicted molar refractivity (Wildman–Crippen MR) is 131 cm³/mol. The van der Waals surface area contributed by atoms with Gasteiger partial charge in [-0.25, -0.2) is 0 Å². The molecule has 0 radical (unpaired) electrons. The van der Waals surface area contributed by atoms with Gasteiger partial charge in [-0.3, -0.25) is 0 Å². The van der Waals surface area contributed by atoms with Gasteiger partial charge in [-0.2, -0.15) is 0 Å². The number of rotatable bonds is 17. The molecule has 0 aliphatic carbocycles. The van der Waals surface area contributed by atoms with Crippen LogP contribution < -0.4 is 27.0 Å². The number of phenolic OH excluding ortho intramolecular Hbond substituents is 1. The number of halogens is 1. The quantitative estimate of drug-likeness (QED) is 0.188. The zero-order valence-corrected chi connectivity index (χ0v) is 23.9. The second-order valence-corrected chi connectivity index (χ2v) is 15.6. The van der Waals surface area contributed by atoms with Crippen LogP contribution in [-0.2, 0) is 13.3 Å². The highest BCUT2D eigenvalue weighted by molar-refractivity contribution is 7.81. The number of hydrogen-bond donors (Lipinski definition) is 1. The molecule has 0 bridgehead atoms. The lowest BCUT2D eigenvalue weighted by molar-refractivity contribution is -0.0000193. The summed E-state index contributed by atoms with van der Waals surface area (Å²) in [7, 11) is -3.72. The zero-order chi connectivity index (χ0) is 22.5. The van der Waals surface area contributed by atoms with Crippen molar-refractivity contribution in [2.24, 2.45) is 0 Å². The van der Waals surface area contributed by atoms with E-state index in [2.05, 4.69) is 20.0 Å². The Morgan fingerprint density at radius 2 is 1.32 bits per heavy atom. The van der Waals surface area contributed by atoms with Crippen molar-refractivity contribution in [1.29, 1.82) is 0 Å². The van der Waals surface area contributed by atoms with E-state index in [0.29, 0.717) is 25.6 Å². The van der Waals surface area contributed by atoms with Gasteiger partial charge in [0.15, 0.2) is 5.75 Å². The van der Waals surface area contributed by atoms with Crippen LogP contribution in [0.3, 0.4) is 0 Å². The fourth-order valence-corrected chi connectivity index (χ4v) is 7.49. The first-order valence-electron chi connectivity index (χ1n) is 11.5. The number of ether oxygens (including phenoxy) is 1. The smallest absolute Gasteiger partial charge is 0.500 e. The Hall–Kier alpha value is -0.173. The molecule has 0 saturated heterocycles. The van der Waals surface area contributed by atoms with Crippen molar-refractivity contribution in [3.63, 3.8) is 0 Å². The second-order valence-electron chi connectivity index (χ2n) is 8.37. The molecule has 0 heterocycles. The summed E-state index contributed by atoms with van der Waals surface area (Å²) in [5.41, 5.74) is 0. The summed E-state index contributed by atoms with van der Waals surface area (Å²) >= 11 is 0. The molecule has 0 aromatic heterocycles. The summed E-state index contributed by atoms with van der Waals surface area (Å²) in [6, 6.07) is 6.39. The van der Waals surface area contributed by atoms with Gasteiger partial charge in [-0.1, -0.05) is 25.7 Å². The molecule has 0 amide bonds. The fraction of sp³-hybridized carbons (Fsp3) is 0.739. The van der Waals surface area contributed by atoms with E-state index in [9.17, 15) is 5.11 Å². The van der Waals surface area contributed by atoms with E-state index < -0.39 is 16.1 Å². The second kappa shape index (κ2) is 16.4. The SMILES string of the molecule is CCO[Si](CCCCCCCCOc1ccc(O)cc1[P+](C)(C)C)(OCC)OCC.[Br-]. The van der Waals surface area contributed by atoms with Crippen LogP contribution in [0, 0.1) is 0 Å². The fourth-order valence-electron chi connectivity index (χ4n) is 3.49. The van der Waals surface area contributed by atoms with E-state index in [1.807, 2.05) is 32.9 Å². The van der Waals surface area contributed by atoms with Gasteiger partial charge in [-0.05, 0) is 45.7 Å². The molecule has 0 aliphatic rings. The zero-order valence-electron chi connectivity index (χ0n) is 20.4. The minimum absolute atomic E-state index is 0. The van der Waals surface area contributed by atoms with Crippen molar-refractivity contribution >= 4 is 21.4 Å². The van der Waals surface area contributed by atoms with Crippen molar-refractivity contribution < 1.29 is 40.1 Å². The number of unbranched alkanes of at least 4 members (excludes halogenated alkanes) is 5. The maximum Gasteiger partial charge on any atom is 0.500 e. The lowest BCUT2D eigenvalue weighted by atomic mass is 10.1. The first-order chi connectivity index (χ1) is 14.3. The first kappa shape index (κ1) is 30.8. The van der Waals surface area contributed by atoms with Gasteiger partial charge >= 0.3 is 8.80 Å². The minimum Gasteiger partial charge on any atom is -1.00 e. The summed E-state index contributed by atoms with van der Waals surface area (Å²) in [6.07, 6.45) is 6.92. The monoisotopic (exact) mass is 538 g/mol. The van der Waals surface area contributed by atoms with Crippen LogP contribution in [0.5, 0.6) is 11.5 Å². The Labute approximate surface area is 202 Å². The molecular weight excluding hydrogens is 495 g/mol. The molecule has 8 heteroatoms. The van der Waals surface area contributed by atoms with Crippen molar-refractivity contribution in [1.82, 2.24) is 0 Å². The Balaban J connectivity index is 0.00000900. The Morgan fingerprint density at radius 1 is 0.806 bits per heavy atom. The molecule has 0 spiro atoms. The minimum atomic E-state index is -2.47. The van der Waals surface area contributed by atoms with E-state index in [0.717, 1.165) is 36.5 Å². The molecule has 0 unspecified atom stereocenters. The molecule has 1 aromatic rings. The van der Waals surface area contributed by atoms with Gasteiger partial charge in [0.05, 0.1) is 26.6 Å². The highest BCUT2D eigenvalue weighted by atomic mass is 79.9. The molecule has 0 fully saturated rings. The van der Waals surface area contributed by atoms with Crippen LogP contribution in [0.2, 0.25) is 6.04 Å². The van der Waals surface area contributed by atoms with Crippen molar-refractivity contribution in [2.75, 3.05) is 46.4 Å². The molecule has 5 nitrogen and oxygen atoms in total. The maximum atomic E-state index is 9.79. The molecule has 0 aliphatic heterocycles. The van der Waals surface area contributed by atoms with Gasteiger partial charge in [0, 0.05) is 39.2 Å². The van der Waals surface area contributed by atoms with Gasteiger partial charge < -0.3 is 40.1 Å². The molecule has 31 heavy (non-hydrogen) atoms. The van der Waals surface area contributed by atoms with Crippen LogP contribution in [0.1, 0.15) is 59.3 Å². The molecule has 1 rings (SSSR count). The van der Waals surface area contributed by atoms with Crippen LogP contribution >= 0.6 is 7.26 Å². The van der Waals surface area contributed by atoms with Crippen LogP contribution in [0.15, 0.2) is 18.2 Å². The number of benzene rings is 1. The number of phenols is 1. The lowest BCUT2D eigenvalue weighted by Gasteiger charge is -2.28. The van der Waals surface area contributed by atoms with E-state index in [1.54, 1.807) is 6.07 Å². The Bertz CT molecular complexity index is 581. The standard InChI is InChI=1S/C23H43O5PSi.BrH/c1-7-26-30(27-8-2,28-9-3)19-15-13-11-10-12-14-18-25-22-17-16-21(24)20-23(22)29(4,5)6;/h16-17,20H,7-15,18-19H2,1-6H3;1H. The van der Waals surface area contributed by atoms with Crippen molar-refractivity contribution in [2.45, 2.75) is 65.3 Å². The summed E-state index contributed by atoms with van der Waals surface area (Å²) in [5, 5.41) is 11.0. The Kier molecular flexibility index (Phi) is 16.3. The highest BCUT2D eigenvalue weighted by Gasteiger charge is 2.39. The predicted octanol–water partition coefficient (Wildman–Crippen LogP) is 2.70. The van der Waals surface area contributed by atoms with Gasteiger partial charge in [-0.15, -0.1) is 0 Å². The number of hydrogen-bond acceptors (Lipinski definition) is 5. The largest absolute Gasteiger partial charge is 1.00 e. The normalized spacial score (nSPS) is 11.9. The molecule has 0 atom stereocenters.